The molecular weight excluding hydrogens is 296 g/mol. The lowest BCUT2D eigenvalue weighted by Crippen LogP contribution is -2.20. The molecule has 0 amide bonds. The van der Waals surface area contributed by atoms with E-state index >= 15 is 0 Å². The lowest BCUT2D eigenvalue weighted by Gasteiger charge is -2.19. The van der Waals surface area contributed by atoms with Crippen molar-refractivity contribution in [2.45, 2.75) is 19.8 Å². The summed E-state index contributed by atoms with van der Waals surface area (Å²) in [5.41, 5.74) is 7.82. The van der Waals surface area contributed by atoms with E-state index < -0.39 is 0 Å². The fourth-order valence-corrected chi connectivity index (χ4v) is 3.19. The zero-order valence-corrected chi connectivity index (χ0v) is 12.4. The molecule has 2 N–H and O–H groups in total. The second kappa shape index (κ2) is 5.36. The van der Waals surface area contributed by atoms with Crippen LogP contribution in [0.25, 0.3) is 0 Å². The van der Waals surface area contributed by atoms with Crippen LogP contribution in [0, 0.1) is 5.92 Å². The molecule has 0 radical (unpaired) electrons. The van der Waals surface area contributed by atoms with E-state index in [1.54, 1.807) is 0 Å². The van der Waals surface area contributed by atoms with Gasteiger partial charge in [0.05, 0.1) is 0 Å². The molecule has 1 unspecified atom stereocenters. The topological polar surface area (TPSA) is 29.3 Å². The Kier molecular flexibility index (Phi) is 4.05. The fourth-order valence-electron chi connectivity index (χ4n) is 2.30. The number of hydrogen-bond acceptors (Lipinski definition) is 2. The van der Waals surface area contributed by atoms with E-state index in [4.69, 9.17) is 18.0 Å². The Morgan fingerprint density at radius 2 is 2.35 bits per heavy atom. The first kappa shape index (κ1) is 12.8. The van der Waals surface area contributed by atoms with Crippen molar-refractivity contribution in [3.8, 4) is 0 Å². The van der Waals surface area contributed by atoms with Crippen molar-refractivity contribution in [3.05, 3.63) is 28.2 Å². The predicted molar refractivity (Wildman–Crippen MR) is 80.6 cm³/mol. The Hall–Kier alpha value is -0.610. The Morgan fingerprint density at radius 3 is 2.88 bits per heavy atom. The molecule has 2 nitrogen and oxygen atoms in total. The van der Waals surface area contributed by atoms with Gasteiger partial charge in [0, 0.05) is 28.8 Å². The number of halogens is 1. The van der Waals surface area contributed by atoms with Crippen LogP contribution in [0.4, 0.5) is 5.69 Å². The number of anilines is 1. The predicted octanol–water partition coefficient (Wildman–Crippen LogP) is 3.32. The molecule has 0 bridgehead atoms. The highest BCUT2D eigenvalue weighted by molar-refractivity contribution is 9.10. The monoisotopic (exact) mass is 312 g/mol. The number of benzene rings is 1. The Labute approximate surface area is 116 Å². The maximum Gasteiger partial charge on any atom is 0.105 e. The summed E-state index contributed by atoms with van der Waals surface area (Å²) < 4.78 is 0.988. The van der Waals surface area contributed by atoms with E-state index in [1.165, 1.54) is 18.5 Å². The molecule has 1 fully saturated rings. The van der Waals surface area contributed by atoms with Crippen LogP contribution in [-0.2, 0) is 0 Å². The second-order valence-corrected chi connectivity index (χ2v) is 5.83. The molecule has 0 aliphatic carbocycles. The molecule has 1 aliphatic heterocycles. The van der Waals surface area contributed by atoms with E-state index in [2.05, 4.69) is 39.9 Å². The van der Waals surface area contributed by atoms with Crippen molar-refractivity contribution < 1.29 is 0 Å². The van der Waals surface area contributed by atoms with E-state index in [-0.39, 0.29) is 0 Å². The molecule has 0 spiro atoms. The zero-order valence-electron chi connectivity index (χ0n) is 9.95. The lowest BCUT2D eigenvalue weighted by molar-refractivity contribution is 0.569. The third-order valence-electron chi connectivity index (χ3n) is 3.45. The van der Waals surface area contributed by atoms with Crippen LogP contribution < -0.4 is 10.6 Å². The van der Waals surface area contributed by atoms with E-state index in [0.717, 1.165) is 29.0 Å². The average molecular weight is 313 g/mol. The summed E-state index contributed by atoms with van der Waals surface area (Å²) in [6.07, 6.45) is 2.56. The first-order valence-corrected chi connectivity index (χ1v) is 7.16. The Bertz CT molecular complexity index is 433. The fraction of sp³-hybridized carbons (Fsp3) is 0.462. The number of nitrogens with zero attached hydrogens (tertiary/aromatic N) is 1. The van der Waals surface area contributed by atoms with Crippen molar-refractivity contribution in [1.29, 1.82) is 0 Å². The molecule has 1 aromatic rings. The van der Waals surface area contributed by atoms with E-state index in [9.17, 15) is 0 Å². The third-order valence-corrected chi connectivity index (χ3v) is 4.32. The molecule has 0 saturated carbocycles. The molecule has 1 saturated heterocycles. The zero-order chi connectivity index (χ0) is 12.4. The van der Waals surface area contributed by atoms with Gasteiger partial charge in [-0.25, -0.2) is 0 Å². The highest BCUT2D eigenvalue weighted by atomic mass is 79.9. The van der Waals surface area contributed by atoms with Gasteiger partial charge < -0.3 is 10.6 Å². The van der Waals surface area contributed by atoms with Gasteiger partial charge in [-0.2, -0.15) is 0 Å². The second-order valence-electron chi connectivity index (χ2n) is 4.54. The van der Waals surface area contributed by atoms with Gasteiger partial charge in [0.25, 0.3) is 0 Å². The van der Waals surface area contributed by atoms with Gasteiger partial charge in [-0.3, -0.25) is 0 Å². The van der Waals surface area contributed by atoms with Crippen molar-refractivity contribution in [3.63, 3.8) is 0 Å². The maximum atomic E-state index is 5.65. The van der Waals surface area contributed by atoms with E-state index in [1.807, 2.05) is 6.07 Å². The van der Waals surface area contributed by atoms with Crippen LogP contribution in [0.15, 0.2) is 22.7 Å². The maximum absolute atomic E-state index is 5.65. The molecule has 1 aliphatic rings. The number of hydrogen-bond donors (Lipinski definition) is 1. The summed E-state index contributed by atoms with van der Waals surface area (Å²) in [5, 5.41) is 0. The van der Waals surface area contributed by atoms with Gasteiger partial charge in [0.2, 0.25) is 0 Å². The molecule has 2 rings (SSSR count). The standard InChI is InChI=1S/C13H17BrN2S/c1-2-9-5-6-16(8-9)10-3-4-11(13(15)17)12(14)7-10/h3-4,7,9H,2,5-6,8H2,1H3,(H2,15,17). The third kappa shape index (κ3) is 2.80. The highest BCUT2D eigenvalue weighted by Gasteiger charge is 2.21. The number of thiocarbonyl (C=S) groups is 1. The summed E-state index contributed by atoms with van der Waals surface area (Å²) in [6, 6.07) is 6.23. The minimum atomic E-state index is 0.441. The van der Waals surface area contributed by atoms with Crippen LogP contribution in [0.2, 0.25) is 0 Å². The van der Waals surface area contributed by atoms with Gasteiger partial charge in [-0.1, -0.05) is 25.6 Å². The van der Waals surface area contributed by atoms with Crippen molar-refractivity contribution in [2.24, 2.45) is 11.7 Å². The van der Waals surface area contributed by atoms with Gasteiger partial charge in [0.1, 0.15) is 4.99 Å². The molecule has 1 aromatic carbocycles. The van der Waals surface area contributed by atoms with Crippen LogP contribution in [-0.4, -0.2) is 18.1 Å². The van der Waals surface area contributed by atoms with Crippen LogP contribution in [0.1, 0.15) is 25.3 Å². The normalized spacial score (nSPS) is 19.6. The minimum absolute atomic E-state index is 0.441. The first-order valence-electron chi connectivity index (χ1n) is 5.96. The van der Waals surface area contributed by atoms with Gasteiger partial charge in [-0.05, 0) is 46.5 Å². The molecule has 0 aromatic heterocycles. The van der Waals surface area contributed by atoms with Crippen molar-refractivity contribution in [2.75, 3.05) is 18.0 Å². The molecule has 1 heterocycles. The number of rotatable bonds is 3. The average Bonchev–Trinajstić information content (AvgIpc) is 2.76. The summed E-state index contributed by atoms with van der Waals surface area (Å²) in [7, 11) is 0. The van der Waals surface area contributed by atoms with Crippen LogP contribution >= 0.6 is 28.1 Å². The first-order chi connectivity index (χ1) is 8.11. The molecule has 17 heavy (non-hydrogen) atoms. The molecule has 4 heteroatoms. The Balaban J connectivity index is 2.18. The summed E-state index contributed by atoms with van der Waals surface area (Å²) in [6.45, 7) is 4.58. The molecule has 1 atom stereocenters. The van der Waals surface area contributed by atoms with Gasteiger partial charge >= 0.3 is 0 Å². The smallest absolute Gasteiger partial charge is 0.105 e. The number of nitrogens with two attached hydrogens (primary N) is 1. The van der Waals surface area contributed by atoms with Crippen LogP contribution in [0.3, 0.4) is 0 Å². The van der Waals surface area contributed by atoms with Crippen LogP contribution in [0.5, 0.6) is 0 Å². The molecule has 92 valence electrons. The summed E-state index contributed by atoms with van der Waals surface area (Å²) in [5.74, 6) is 0.837. The van der Waals surface area contributed by atoms with Gasteiger partial charge in [0.15, 0.2) is 0 Å². The van der Waals surface area contributed by atoms with Crippen molar-refractivity contribution >= 4 is 38.8 Å². The Morgan fingerprint density at radius 1 is 1.59 bits per heavy atom. The summed E-state index contributed by atoms with van der Waals surface area (Å²) in [4.78, 5) is 2.87. The van der Waals surface area contributed by atoms with E-state index in [0.29, 0.717) is 4.99 Å². The highest BCUT2D eigenvalue weighted by Crippen LogP contribution is 2.29. The van der Waals surface area contributed by atoms with Gasteiger partial charge in [-0.15, -0.1) is 0 Å². The largest absolute Gasteiger partial charge is 0.389 e. The SMILES string of the molecule is CCC1CCN(c2ccc(C(N)=S)c(Br)c2)C1. The summed E-state index contributed by atoms with van der Waals surface area (Å²) >= 11 is 8.53. The molecular formula is C13H17BrN2S. The quantitative estimate of drug-likeness (QED) is 0.868. The lowest BCUT2D eigenvalue weighted by atomic mass is 10.1. The van der Waals surface area contributed by atoms with Crippen molar-refractivity contribution in [1.82, 2.24) is 0 Å². The minimum Gasteiger partial charge on any atom is -0.389 e.